The van der Waals surface area contributed by atoms with Crippen molar-refractivity contribution in [2.75, 3.05) is 6.61 Å². The van der Waals surface area contributed by atoms with Crippen LogP contribution < -0.4 is 0 Å². The zero-order chi connectivity index (χ0) is 20.3. The SMILES string of the molecule is C[C@H](C[C@@H]1COC(=O)[C@]2(C)OC(C)(C)O[C@H]12)[C@H]1CCC2C(=CBr)CCC[C@@]21C. The van der Waals surface area contributed by atoms with E-state index in [2.05, 4.69) is 34.8 Å². The van der Waals surface area contributed by atoms with Crippen molar-refractivity contribution >= 4 is 21.9 Å². The Balaban J connectivity index is 1.51. The van der Waals surface area contributed by atoms with Gasteiger partial charge in [0.2, 0.25) is 0 Å². The van der Waals surface area contributed by atoms with Crippen molar-refractivity contribution in [3.05, 3.63) is 10.6 Å². The highest BCUT2D eigenvalue weighted by Crippen LogP contribution is 2.60. The molecule has 28 heavy (non-hydrogen) atoms. The Morgan fingerprint density at radius 1 is 1.25 bits per heavy atom. The molecule has 2 saturated heterocycles. The quantitative estimate of drug-likeness (QED) is 0.521. The third kappa shape index (κ3) is 3.20. The molecule has 0 aromatic rings. The number of cyclic esters (lactones) is 1. The lowest BCUT2D eigenvalue weighted by atomic mass is 9.60. The molecule has 0 amide bonds. The van der Waals surface area contributed by atoms with Crippen molar-refractivity contribution in [1.82, 2.24) is 0 Å². The van der Waals surface area contributed by atoms with E-state index in [1.807, 2.05) is 20.8 Å². The van der Waals surface area contributed by atoms with E-state index in [0.29, 0.717) is 29.8 Å². The maximum absolute atomic E-state index is 12.4. The average molecular weight is 455 g/mol. The van der Waals surface area contributed by atoms with Gasteiger partial charge in [-0.2, -0.15) is 0 Å². The van der Waals surface area contributed by atoms with E-state index in [1.165, 1.54) is 32.1 Å². The second-order valence-corrected chi connectivity index (χ2v) is 11.0. The van der Waals surface area contributed by atoms with Gasteiger partial charge in [-0.25, -0.2) is 4.79 Å². The van der Waals surface area contributed by atoms with Gasteiger partial charge in [-0.15, -0.1) is 0 Å². The monoisotopic (exact) mass is 454 g/mol. The Labute approximate surface area is 177 Å². The highest BCUT2D eigenvalue weighted by atomic mass is 79.9. The molecule has 2 aliphatic heterocycles. The van der Waals surface area contributed by atoms with Gasteiger partial charge in [0.15, 0.2) is 11.4 Å². The van der Waals surface area contributed by atoms with Crippen molar-refractivity contribution in [3.8, 4) is 0 Å². The molecule has 158 valence electrons. The molecule has 4 aliphatic rings. The van der Waals surface area contributed by atoms with Crippen molar-refractivity contribution in [2.24, 2.45) is 29.1 Å². The molecule has 2 aliphatic carbocycles. The predicted molar refractivity (Wildman–Crippen MR) is 112 cm³/mol. The summed E-state index contributed by atoms with van der Waals surface area (Å²) in [7, 11) is 0. The molecular weight excluding hydrogens is 420 g/mol. The van der Waals surface area contributed by atoms with Crippen LogP contribution in [0.25, 0.3) is 0 Å². The molecule has 0 radical (unpaired) electrons. The zero-order valence-electron chi connectivity index (χ0n) is 17.9. The van der Waals surface area contributed by atoms with Gasteiger partial charge in [0, 0.05) is 5.92 Å². The molecule has 5 heteroatoms. The highest BCUT2D eigenvalue weighted by molar-refractivity contribution is 9.11. The van der Waals surface area contributed by atoms with Crippen LogP contribution in [0.4, 0.5) is 0 Å². The van der Waals surface area contributed by atoms with E-state index in [9.17, 15) is 4.79 Å². The van der Waals surface area contributed by atoms with E-state index in [-0.39, 0.29) is 18.0 Å². The lowest BCUT2D eigenvalue weighted by Crippen LogP contribution is -2.55. The highest BCUT2D eigenvalue weighted by Gasteiger charge is 2.61. The van der Waals surface area contributed by atoms with E-state index in [0.717, 1.165) is 6.42 Å². The number of carbonyl (C=O) groups is 1. The topological polar surface area (TPSA) is 44.8 Å². The number of rotatable bonds is 3. The molecule has 7 atom stereocenters. The van der Waals surface area contributed by atoms with Gasteiger partial charge in [-0.1, -0.05) is 35.4 Å². The van der Waals surface area contributed by atoms with Crippen LogP contribution in [0.5, 0.6) is 0 Å². The molecule has 2 saturated carbocycles. The number of fused-ring (bicyclic) bond motifs is 2. The Kier molecular flexibility index (Phi) is 5.28. The standard InChI is InChI=1S/C23H35BrO4/c1-14(17-8-9-18-15(12-24)7-6-10-22(17,18)4)11-16-13-26-20(25)23(5)19(16)27-21(2,3)28-23/h12,14,16-19H,6-11,13H2,1-5H3/t14-,16-,17-,18?,19-,22-,23-/m1/s1. The molecule has 0 N–H and O–H groups in total. The molecule has 0 aromatic heterocycles. The van der Waals surface area contributed by atoms with Crippen LogP contribution in [-0.2, 0) is 19.0 Å². The number of carbonyl (C=O) groups excluding carboxylic acids is 1. The summed E-state index contributed by atoms with van der Waals surface area (Å²) in [6.45, 7) is 11.0. The van der Waals surface area contributed by atoms with Crippen molar-refractivity contribution in [3.63, 3.8) is 0 Å². The lowest BCUT2D eigenvalue weighted by molar-refractivity contribution is -0.189. The normalized spacial score (nSPS) is 47.5. The van der Waals surface area contributed by atoms with E-state index in [4.69, 9.17) is 14.2 Å². The first-order chi connectivity index (χ1) is 13.1. The summed E-state index contributed by atoms with van der Waals surface area (Å²) in [6.07, 6.45) is 7.25. The van der Waals surface area contributed by atoms with E-state index < -0.39 is 11.4 Å². The molecule has 4 fully saturated rings. The van der Waals surface area contributed by atoms with Gasteiger partial charge >= 0.3 is 5.97 Å². The van der Waals surface area contributed by atoms with E-state index in [1.54, 1.807) is 5.57 Å². The second kappa shape index (κ2) is 7.09. The summed E-state index contributed by atoms with van der Waals surface area (Å²) < 4.78 is 17.8. The fourth-order valence-corrected chi connectivity index (χ4v) is 7.66. The Bertz CT molecular complexity index is 674. The molecule has 0 spiro atoms. The Morgan fingerprint density at radius 2 is 2.00 bits per heavy atom. The first kappa shape index (κ1) is 20.9. The Morgan fingerprint density at radius 3 is 2.71 bits per heavy atom. The third-order valence-corrected chi connectivity index (χ3v) is 8.80. The minimum atomic E-state index is -0.981. The van der Waals surface area contributed by atoms with Gasteiger partial charge in [0.05, 0.1) is 6.61 Å². The fraction of sp³-hybridized carbons (Fsp3) is 0.870. The van der Waals surface area contributed by atoms with Gasteiger partial charge in [0.25, 0.3) is 0 Å². The van der Waals surface area contributed by atoms with Crippen LogP contribution in [0.15, 0.2) is 10.6 Å². The maximum atomic E-state index is 12.4. The number of halogens is 1. The summed E-state index contributed by atoms with van der Waals surface area (Å²) in [6, 6.07) is 0. The van der Waals surface area contributed by atoms with Gasteiger partial charge < -0.3 is 14.2 Å². The molecular formula is C23H35BrO4. The summed E-state index contributed by atoms with van der Waals surface area (Å²) in [5.41, 5.74) is 1.01. The largest absolute Gasteiger partial charge is 0.463 e. The summed E-state index contributed by atoms with van der Waals surface area (Å²) in [5.74, 6) is 1.17. The van der Waals surface area contributed by atoms with Crippen LogP contribution in [0.3, 0.4) is 0 Å². The summed E-state index contributed by atoms with van der Waals surface area (Å²) in [4.78, 5) is 14.6. The molecule has 1 unspecified atom stereocenters. The smallest absolute Gasteiger partial charge is 0.341 e. The van der Waals surface area contributed by atoms with Crippen molar-refractivity contribution < 1.29 is 19.0 Å². The number of hydrogen-bond donors (Lipinski definition) is 0. The lowest BCUT2D eigenvalue weighted by Gasteiger charge is -2.45. The van der Waals surface area contributed by atoms with Crippen molar-refractivity contribution in [1.29, 1.82) is 0 Å². The van der Waals surface area contributed by atoms with E-state index >= 15 is 0 Å². The van der Waals surface area contributed by atoms with Crippen molar-refractivity contribution in [2.45, 2.75) is 90.6 Å². The molecule has 4 nitrogen and oxygen atoms in total. The van der Waals surface area contributed by atoms with Gasteiger partial charge in [-0.05, 0) is 87.5 Å². The number of allylic oxidation sites excluding steroid dienone is 1. The molecule has 2 heterocycles. The van der Waals surface area contributed by atoms with Crippen LogP contribution in [0.1, 0.15) is 73.1 Å². The predicted octanol–water partition coefficient (Wildman–Crippen LogP) is 5.59. The third-order valence-electron chi connectivity index (χ3n) is 8.21. The number of esters is 1. The van der Waals surface area contributed by atoms with Crippen LogP contribution in [-0.4, -0.2) is 30.1 Å². The summed E-state index contributed by atoms with van der Waals surface area (Å²) >= 11 is 3.62. The zero-order valence-corrected chi connectivity index (χ0v) is 19.5. The molecule has 0 bridgehead atoms. The first-order valence-electron chi connectivity index (χ1n) is 10.9. The minimum Gasteiger partial charge on any atom is -0.463 e. The Hall–Kier alpha value is -0.390. The molecule has 4 rings (SSSR count). The van der Waals surface area contributed by atoms with Gasteiger partial charge in [-0.3, -0.25) is 0 Å². The summed E-state index contributed by atoms with van der Waals surface area (Å²) in [5, 5.41) is 0. The maximum Gasteiger partial charge on any atom is 0.341 e. The van der Waals surface area contributed by atoms with Gasteiger partial charge in [0.1, 0.15) is 6.10 Å². The fourth-order valence-electron chi connectivity index (χ4n) is 7.11. The molecule has 0 aromatic carbocycles. The number of ether oxygens (including phenoxy) is 3. The average Bonchev–Trinajstić information content (AvgIpc) is 3.11. The van der Waals surface area contributed by atoms with Crippen LogP contribution in [0, 0.1) is 29.1 Å². The van der Waals surface area contributed by atoms with Crippen LogP contribution >= 0.6 is 15.9 Å². The van der Waals surface area contributed by atoms with Crippen LogP contribution in [0.2, 0.25) is 0 Å². The second-order valence-electron chi connectivity index (χ2n) is 10.5. The number of hydrogen-bond acceptors (Lipinski definition) is 4. The first-order valence-corrected chi connectivity index (χ1v) is 11.9. The minimum absolute atomic E-state index is 0.192.